The minimum absolute atomic E-state index is 0.151. The Labute approximate surface area is 113 Å². The van der Waals surface area contributed by atoms with Crippen molar-refractivity contribution in [3.63, 3.8) is 0 Å². The fourth-order valence-electron chi connectivity index (χ4n) is 1.64. The zero-order valence-electron chi connectivity index (χ0n) is 10.6. The number of hydrogen-bond acceptors (Lipinski definition) is 4. The van der Waals surface area contributed by atoms with Crippen LogP contribution < -0.4 is 10.9 Å². The lowest BCUT2D eigenvalue weighted by atomic mass is 10.2. The van der Waals surface area contributed by atoms with Gasteiger partial charge in [0.2, 0.25) is 0 Å². The molecule has 2 aromatic rings. The summed E-state index contributed by atoms with van der Waals surface area (Å²) in [6.07, 6.45) is -0.181. The van der Waals surface area contributed by atoms with E-state index in [0.717, 1.165) is 12.3 Å². The summed E-state index contributed by atoms with van der Waals surface area (Å²) < 4.78 is 18.2. The van der Waals surface area contributed by atoms with E-state index in [1.807, 2.05) is 0 Å². The van der Waals surface area contributed by atoms with Crippen molar-refractivity contribution in [2.75, 3.05) is 6.54 Å². The number of amides is 1. The Kier molecular flexibility index (Phi) is 3.99. The van der Waals surface area contributed by atoms with Gasteiger partial charge in [-0.15, -0.1) is 0 Å². The van der Waals surface area contributed by atoms with Gasteiger partial charge in [0, 0.05) is 6.20 Å². The number of rotatable bonds is 4. The highest BCUT2D eigenvalue weighted by atomic mass is 19.1. The van der Waals surface area contributed by atoms with Crippen LogP contribution in [0.3, 0.4) is 0 Å². The van der Waals surface area contributed by atoms with E-state index in [1.54, 1.807) is 19.1 Å². The lowest BCUT2D eigenvalue weighted by molar-refractivity contribution is 0.0898. The average molecular weight is 280 g/mol. The van der Waals surface area contributed by atoms with Crippen LogP contribution in [-0.2, 0) is 0 Å². The van der Waals surface area contributed by atoms with Crippen LogP contribution in [0.2, 0.25) is 0 Å². The monoisotopic (exact) mass is 280 g/mol. The maximum atomic E-state index is 13.0. The maximum Gasteiger partial charge on any atom is 0.260 e. The van der Waals surface area contributed by atoms with E-state index in [-0.39, 0.29) is 12.1 Å². The number of aryl methyl sites for hydroxylation is 1. The molecule has 106 valence electrons. The predicted octanol–water partition coefficient (Wildman–Crippen LogP) is 0.879. The summed E-state index contributed by atoms with van der Waals surface area (Å²) in [5, 5.41) is 12.1. The first-order chi connectivity index (χ1) is 9.47. The van der Waals surface area contributed by atoms with E-state index in [2.05, 4.69) is 10.3 Å². The van der Waals surface area contributed by atoms with Crippen molar-refractivity contribution in [1.29, 1.82) is 0 Å². The predicted molar refractivity (Wildman–Crippen MR) is 67.8 cm³/mol. The van der Waals surface area contributed by atoms with Crippen molar-refractivity contribution in [1.82, 2.24) is 10.3 Å². The third kappa shape index (κ3) is 3.12. The molecular formula is C13H13FN2O4. The molecule has 1 atom stereocenters. The highest BCUT2D eigenvalue weighted by Crippen LogP contribution is 2.15. The van der Waals surface area contributed by atoms with Crippen molar-refractivity contribution in [3.8, 4) is 0 Å². The Hall–Kier alpha value is -2.41. The van der Waals surface area contributed by atoms with Crippen molar-refractivity contribution < 1.29 is 18.7 Å². The van der Waals surface area contributed by atoms with Crippen LogP contribution in [0.15, 0.2) is 33.6 Å². The van der Waals surface area contributed by atoms with Crippen LogP contribution in [0.4, 0.5) is 4.39 Å². The highest BCUT2D eigenvalue weighted by molar-refractivity contribution is 5.93. The standard InChI is InChI=1S/C13H13FN2O4/c1-7-2-3-11(20-7)10(17)6-16-13(19)9-4-8(14)5-15-12(9)18/h2-5,10,17H,6H2,1H3,(H,15,18)(H,16,19). The summed E-state index contributed by atoms with van der Waals surface area (Å²) >= 11 is 0. The second-order valence-electron chi connectivity index (χ2n) is 4.23. The first kappa shape index (κ1) is 14.0. The van der Waals surface area contributed by atoms with E-state index in [4.69, 9.17) is 4.42 Å². The topological polar surface area (TPSA) is 95.3 Å². The summed E-state index contributed by atoms with van der Waals surface area (Å²) in [5.74, 6) is -0.562. The molecule has 0 aliphatic carbocycles. The first-order valence-electron chi connectivity index (χ1n) is 5.88. The quantitative estimate of drug-likeness (QED) is 0.774. The molecule has 0 bridgehead atoms. The summed E-state index contributed by atoms with van der Waals surface area (Å²) in [5.41, 5.74) is -1.06. The van der Waals surface area contributed by atoms with Gasteiger partial charge in [0.25, 0.3) is 11.5 Å². The Morgan fingerprint density at radius 3 is 2.95 bits per heavy atom. The first-order valence-corrected chi connectivity index (χ1v) is 5.88. The lowest BCUT2D eigenvalue weighted by Crippen LogP contribution is -2.32. The number of H-pyrrole nitrogens is 1. The van der Waals surface area contributed by atoms with Crippen LogP contribution in [-0.4, -0.2) is 22.5 Å². The SMILES string of the molecule is Cc1ccc(C(O)CNC(=O)c2cc(F)c[nH]c2=O)o1. The molecule has 0 spiro atoms. The number of halogens is 1. The third-order valence-electron chi connectivity index (χ3n) is 2.66. The van der Waals surface area contributed by atoms with Gasteiger partial charge in [0.15, 0.2) is 0 Å². The zero-order valence-corrected chi connectivity index (χ0v) is 10.6. The normalized spacial score (nSPS) is 12.2. The Bertz CT molecular complexity index is 677. The number of aliphatic hydroxyl groups excluding tert-OH is 1. The summed E-state index contributed by atoms with van der Waals surface area (Å²) in [6, 6.07) is 4.09. The van der Waals surface area contributed by atoms with Crippen molar-refractivity contribution in [2.24, 2.45) is 0 Å². The van der Waals surface area contributed by atoms with Gasteiger partial charge in [-0.1, -0.05) is 0 Å². The largest absolute Gasteiger partial charge is 0.464 e. The average Bonchev–Trinajstić information content (AvgIpc) is 2.85. The molecule has 0 saturated carbocycles. The third-order valence-corrected chi connectivity index (χ3v) is 2.66. The van der Waals surface area contributed by atoms with Gasteiger partial charge < -0.3 is 19.8 Å². The summed E-state index contributed by atoms with van der Waals surface area (Å²) in [4.78, 5) is 25.2. The van der Waals surface area contributed by atoms with E-state index >= 15 is 0 Å². The fourth-order valence-corrected chi connectivity index (χ4v) is 1.64. The molecule has 1 unspecified atom stereocenters. The van der Waals surface area contributed by atoms with Gasteiger partial charge in [0.1, 0.15) is 29.0 Å². The number of pyridine rings is 1. The van der Waals surface area contributed by atoms with Crippen LogP contribution in [0, 0.1) is 12.7 Å². The lowest BCUT2D eigenvalue weighted by Gasteiger charge is -2.09. The highest BCUT2D eigenvalue weighted by Gasteiger charge is 2.16. The second-order valence-corrected chi connectivity index (χ2v) is 4.23. The number of hydrogen-bond donors (Lipinski definition) is 3. The van der Waals surface area contributed by atoms with Crippen molar-refractivity contribution in [3.05, 3.63) is 57.7 Å². The molecule has 7 heteroatoms. The molecule has 0 aliphatic rings. The van der Waals surface area contributed by atoms with E-state index in [9.17, 15) is 19.1 Å². The molecule has 0 radical (unpaired) electrons. The minimum Gasteiger partial charge on any atom is -0.464 e. The molecule has 0 saturated heterocycles. The number of carbonyl (C=O) groups is 1. The molecule has 0 fully saturated rings. The number of carbonyl (C=O) groups excluding carboxylic acids is 1. The minimum atomic E-state index is -1.04. The van der Waals surface area contributed by atoms with E-state index in [1.165, 1.54) is 0 Å². The molecule has 1 amide bonds. The molecule has 6 nitrogen and oxygen atoms in total. The second kappa shape index (κ2) is 5.70. The number of furan rings is 1. The Morgan fingerprint density at radius 1 is 1.55 bits per heavy atom. The van der Waals surface area contributed by atoms with Gasteiger partial charge in [0.05, 0.1) is 6.54 Å². The number of nitrogens with one attached hydrogen (secondary N) is 2. The van der Waals surface area contributed by atoms with Crippen molar-refractivity contribution >= 4 is 5.91 Å². The van der Waals surface area contributed by atoms with E-state index < -0.39 is 23.4 Å². The van der Waals surface area contributed by atoms with Crippen LogP contribution >= 0.6 is 0 Å². The van der Waals surface area contributed by atoms with Crippen LogP contribution in [0.1, 0.15) is 28.0 Å². The van der Waals surface area contributed by atoms with E-state index in [0.29, 0.717) is 11.5 Å². The van der Waals surface area contributed by atoms with Gasteiger partial charge in [-0.3, -0.25) is 9.59 Å². The Balaban J connectivity index is 2.02. The number of aromatic nitrogens is 1. The van der Waals surface area contributed by atoms with Crippen LogP contribution in [0.5, 0.6) is 0 Å². The number of aliphatic hydroxyl groups is 1. The fraction of sp³-hybridized carbons (Fsp3) is 0.231. The molecule has 0 aliphatic heterocycles. The molecule has 2 aromatic heterocycles. The Morgan fingerprint density at radius 2 is 2.30 bits per heavy atom. The van der Waals surface area contributed by atoms with Crippen molar-refractivity contribution in [2.45, 2.75) is 13.0 Å². The summed E-state index contributed by atoms with van der Waals surface area (Å²) in [7, 11) is 0. The number of aromatic amines is 1. The molecule has 2 rings (SSSR count). The molecule has 2 heterocycles. The van der Waals surface area contributed by atoms with Gasteiger partial charge in [-0.2, -0.15) is 0 Å². The van der Waals surface area contributed by atoms with Gasteiger partial charge in [-0.25, -0.2) is 4.39 Å². The zero-order chi connectivity index (χ0) is 14.7. The van der Waals surface area contributed by atoms with Crippen LogP contribution in [0.25, 0.3) is 0 Å². The smallest absolute Gasteiger partial charge is 0.260 e. The molecule has 0 aromatic carbocycles. The molecule has 20 heavy (non-hydrogen) atoms. The molecular weight excluding hydrogens is 267 g/mol. The maximum absolute atomic E-state index is 13.0. The van der Waals surface area contributed by atoms with Gasteiger partial charge in [-0.05, 0) is 25.1 Å². The molecule has 3 N–H and O–H groups in total. The van der Waals surface area contributed by atoms with Gasteiger partial charge >= 0.3 is 0 Å². The summed E-state index contributed by atoms with van der Waals surface area (Å²) in [6.45, 7) is 1.57.